The number of carbonyl (C=O) groups excluding carboxylic acids is 3. The van der Waals surface area contributed by atoms with Gasteiger partial charge >= 0.3 is 0 Å². The Bertz CT molecular complexity index is 1600. The summed E-state index contributed by atoms with van der Waals surface area (Å²) in [7, 11) is 0. The second-order valence-electron chi connectivity index (χ2n) is 9.72. The van der Waals surface area contributed by atoms with Crippen molar-refractivity contribution in [2.24, 2.45) is 5.92 Å². The highest BCUT2D eigenvalue weighted by Gasteiger charge is 2.67. The largest absolute Gasteiger partial charge is 0.368 e. The summed E-state index contributed by atoms with van der Waals surface area (Å²) in [6.07, 6.45) is 0.231. The van der Waals surface area contributed by atoms with Crippen molar-refractivity contribution in [3.63, 3.8) is 0 Å². The minimum atomic E-state index is -1.45. The molecule has 3 atom stereocenters. The minimum Gasteiger partial charge on any atom is -0.368 e. The quantitative estimate of drug-likeness (QED) is 0.223. The molecule has 0 radical (unpaired) electrons. The van der Waals surface area contributed by atoms with Crippen LogP contribution in [0, 0.1) is 23.4 Å². The van der Waals surface area contributed by atoms with Crippen LogP contribution in [-0.4, -0.2) is 34.8 Å². The number of nitrogens with one attached hydrogen (secondary N) is 3. The van der Waals surface area contributed by atoms with Crippen LogP contribution in [-0.2, 0) is 14.3 Å². The molecule has 14 heteroatoms. The molecule has 1 aliphatic heterocycles. The van der Waals surface area contributed by atoms with E-state index in [9.17, 15) is 23.2 Å². The fourth-order valence-electron chi connectivity index (χ4n) is 4.71. The Hall–Kier alpha value is -2.83. The summed E-state index contributed by atoms with van der Waals surface area (Å²) in [5.41, 5.74) is -0.583. The predicted octanol–water partition coefficient (Wildman–Crippen LogP) is 7.42. The Morgan fingerprint density at radius 1 is 0.929 bits per heavy atom. The summed E-state index contributed by atoms with van der Waals surface area (Å²) < 4.78 is 47.2. The van der Waals surface area contributed by atoms with Crippen molar-refractivity contribution in [2.75, 3.05) is 22.6 Å². The molecule has 1 saturated heterocycles. The lowest BCUT2D eigenvalue weighted by Crippen LogP contribution is -2.28. The number of rotatable bonds is 7. The van der Waals surface area contributed by atoms with Gasteiger partial charge in [-0.25, -0.2) is 13.2 Å². The van der Waals surface area contributed by atoms with Gasteiger partial charge in [0.15, 0.2) is 5.82 Å². The van der Waals surface area contributed by atoms with Gasteiger partial charge in [-0.15, -0.1) is 23.2 Å². The number of amides is 3. The van der Waals surface area contributed by atoms with E-state index in [0.717, 1.165) is 12.1 Å². The van der Waals surface area contributed by atoms with Crippen LogP contribution >= 0.6 is 50.7 Å². The third kappa shape index (κ3) is 6.12. The molecule has 3 N–H and O–H groups in total. The van der Waals surface area contributed by atoms with E-state index >= 15 is 4.39 Å². The van der Waals surface area contributed by atoms with Crippen molar-refractivity contribution < 1.29 is 32.3 Å². The van der Waals surface area contributed by atoms with Crippen molar-refractivity contribution in [3.8, 4) is 0 Å². The first kappa shape index (κ1) is 30.6. The first-order valence-electron chi connectivity index (χ1n) is 12.5. The zero-order valence-corrected chi connectivity index (χ0v) is 25.1. The van der Waals surface area contributed by atoms with E-state index in [1.807, 2.05) is 0 Å². The first-order valence-corrected chi connectivity index (χ1v) is 14.5. The average molecular weight is 706 g/mol. The highest BCUT2D eigenvalue weighted by Crippen LogP contribution is 2.65. The Morgan fingerprint density at radius 2 is 1.67 bits per heavy atom. The molecule has 2 fully saturated rings. The van der Waals surface area contributed by atoms with Gasteiger partial charge in [0.1, 0.15) is 27.8 Å². The number of hydrogen-bond donors (Lipinski definition) is 3. The SMILES string of the molecule is O=C(Nc1ccc(F)c(NC(=O)C2CCCO2)c1F)c1cc(NC(=O)[C@H]2[C@H](c3ccc(F)c(Br)c3)C2(Cl)Cl)ccc1Cl. The number of hydrogen-bond acceptors (Lipinski definition) is 4. The van der Waals surface area contributed by atoms with Crippen molar-refractivity contribution in [3.05, 3.63) is 86.6 Å². The molecule has 0 aromatic heterocycles. The fourth-order valence-corrected chi connectivity index (χ4v) is 6.14. The maximum atomic E-state index is 15.2. The maximum Gasteiger partial charge on any atom is 0.257 e. The zero-order valence-electron chi connectivity index (χ0n) is 21.3. The zero-order chi connectivity index (χ0) is 30.3. The molecule has 5 rings (SSSR count). The summed E-state index contributed by atoms with van der Waals surface area (Å²) in [4.78, 5) is 38.4. The van der Waals surface area contributed by atoms with Crippen LogP contribution in [0.1, 0.15) is 34.7 Å². The molecule has 1 saturated carbocycles. The van der Waals surface area contributed by atoms with E-state index in [1.54, 1.807) is 0 Å². The topological polar surface area (TPSA) is 96.5 Å². The molecule has 3 amide bonds. The molecular weight excluding hydrogens is 686 g/mol. The lowest BCUT2D eigenvalue weighted by atomic mass is 10.1. The molecular formula is C28H20BrCl3F3N3O4. The summed E-state index contributed by atoms with van der Waals surface area (Å²) in [6, 6.07) is 10.1. The Morgan fingerprint density at radius 3 is 2.36 bits per heavy atom. The second-order valence-corrected chi connectivity index (χ2v) is 12.4. The van der Waals surface area contributed by atoms with E-state index < -0.39 is 68.8 Å². The molecule has 7 nitrogen and oxygen atoms in total. The fraction of sp³-hybridized carbons (Fsp3) is 0.250. The third-order valence-electron chi connectivity index (χ3n) is 6.93. The van der Waals surface area contributed by atoms with Crippen LogP contribution in [0.4, 0.5) is 30.2 Å². The van der Waals surface area contributed by atoms with Crippen LogP contribution in [0.3, 0.4) is 0 Å². The van der Waals surface area contributed by atoms with Crippen LogP contribution < -0.4 is 16.0 Å². The molecule has 0 bridgehead atoms. The number of carbonyl (C=O) groups is 3. The summed E-state index contributed by atoms with van der Waals surface area (Å²) >= 11 is 22.1. The average Bonchev–Trinajstić information content (AvgIpc) is 3.25. The van der Waals surface area contributed by atoms with Crippen molar-refractivity contribution >= 4 is 85.5 Å². The van der Waals surface area contributed by atoms with Gasteiger partial charge in [-0.05, 0) is 76.8 Å². The highest BCUT2D eigenvalue weighted by molar-refractivity contribution is 9.10. The lowest BCUT2D eigenvalue weighted by molar-refractivity contribution is -0.124. The highest BCUT2D eigenvalue weighted by atomic mass is 79.9. The lowest BCUT2D eigenvalue weighted by Gasteiger charge is -2.15. The Labute approximate surface area is 261 Å². The van der Waals surface area contributed by atoms with E-state index in [4.69, 9.17) is 39.5 Å². The van der Waals surface area contributed by atoms with Crippen LogP contribution in [0.5, 0.6) is 0 Å². The third-order valence-corrected chi connectivity index (χ3v) is 8.80. The molecule has 3 aromatic carbocycles. The molecule has 2 aliphatic rings. The first-order chi connectivity index (χ1) is 19.9. The monoisotopic (exact) mass is 703 g/mol. The van der Waals surface area contributed by atoms with Gasteiger partial charge < -0.3 is 20.7 Å². The number of benzene rings is 3. The van der Waals surface area contributed by atoms with Gasteiger partial charge in [0.25, 0.3) is 11.8 Å². The number of halogens is 7. The molecule has 0 spiro atoms. The molecule has 3 aromatic rings. The van der Waals surface area contributed by atoms with Crippen LogP contribution in [0.25, 0.3) is 0 Å². The second kappa shape index (κ2) is 12.0. The molecule has 1 aliphatic carbocycles. The van der Waals surface area contributed by atoms with Gasteiger partial charge in [0, 0.05) is 18.2 Å². The van der Waals surface area contributed by atoms with E-state index in [-0.39, 0.29) is 20.7 Å². The van der Waals surface area contributed by atoms with Gasteiger partial charge in [0.05, 0.1) is 26.7 Å². The summed E-state index contributed by atoms with van der Waals surface area (Å²) in [5, 5.41) is 7.09. The number of ether oxygens (including phenoxy) is 1. The van der Waals surface area contributed by atoms with Crippen molar-refractivity contribution in [2.45, 2.75) is 29.2 Å². The Balaban J connectivity index is 1.30. The van der Waals surface area contributed by atoms with Crippen LogP contribution in [0.2, 0.25) is 5.02 Å². The molecule has 42 heavy (non-hydrogen) atoms. The van der Waals surface area contributed by atoms with Gasteiger partial charge in [-0.2, -0.15) is 0 Å². The Kier molecular flexibility index (Phi) is 8.78. The van der Waals surface area contributed by atoms with Gasteiger partial charge in [-0.1, -0.05) is 17.7 Å². The molecule has 1 heterocycles. The summed E-state index contributed by atoms with van der Waals surface area (Å²) in [6.45, 7) is 0.367. The summed E-state index contributed by atoms with van der Waals surface area (Å²) in [5.74, 6) is -6.38. The van der Waals surface area contributed by atoms with E-state index in [2.05, 4.69) is 31.9 Å². The molecule has 220 valence electrons. The van der Waals surface area contributed by atoms with Gasteiger partial charge in [-0.3, -0.25) is 14.4 Å². The van der Waals surface area contributed by atoms with E-state index in [1.165, 1.54) is 36.4 Å². The number of alkyl halides is 2. The standard InChI is InChI=1S/C28H20BrCl3F3N3O4/c29-15-10-12(3-6-17(15)33)21-22(28(21,31)32)27(41)36-13-4-5-16(30)14(11-13)25(39)37-19-8-7-18(34)24(23(19)35)38-26(40)20-2-1-9-42-20/h3-8,10-11,20-22H,1-2,9H2,(H,36,41)(H,37,39)(H,38,40)/t20?,21-,22+/m0/s1. The van der Waals surface area contributed by atoms with E-state index in [0.29, 0.717) is 25.0 Å². The number of anilines is 3. The normalized spacial score (nSPS) is 20.6. The van der Waals surface area contributed by atoms with Crippen LogP contribution in [0.15, 0.2) is 53.0 Å². The van der Waals surface area contributed by atoms with Gasteiger partial charge in [0.2, 0.25) is 5.91 Å². The van der Waals surface area contributed by atoms with Crippen molar-refractivity contribution in [1.82, 2.24) is 0 Å². The minimum absolute atomic E-state index is 0.0237. The smallest absolute Gasteiger partial charge is 0.257 e. The molecule has 1 unspecified atom stereocenters. The maximum absolute atomic E-state index is 15.2. The van der Waals surface area contributed by atoms with Crippen molar-refractivity contribution in [1.29, 1.82) is 0 Å². The predicted molar refractivity (Wildman–Crippen MR) is 157 cm³/mol.